The summed E-state index contributed by atoms with van der Waals surface area (Å²) in [5.41, 5.74) is 0. The van der Waals surface area contributed by atoms with Gasteiger partial charge in [-0.25, -0.2) is 4.79 Å². The van der Waals surface area contributed by atoms with Crippen molar-refractivity contribution in [2.75, 3.05) is 24.6 Å². The van der Waals surface area contributed by atoms with Gasteiger partial charge >= 0.3 is 5.97 Å². The smallest absolute Gasteiger partial charge is 0.371 e. The zero-order chi connectivity index (χ0) is 16.1. The predicted octanol–water partition coefficient (Wildman–Crippen LogP) is 5.68. The quantitative estimate of drug-likeness (QED) is 0.584. The van der Waals surface area contributed by atoms with Crippen molar-refractivity contribution >= 4 is 23.1 Å². The highest BCUT2D eigenvalue weighted by atomic mass is 31.2. The van der Waals surface area contributed by atoms with Crippen LogP contribution in [0.3, 0.4) is 0 Å². The summed E-state index contributed by atoms with van der Waals surface area (Å²) in [7, 11) is -0.496. The van der Waals surface area contributed by atoms with Crippen molar-refractivity contribution in [2.24, 2.45) is 0 Å². The fraction of sp³-hybridized carbons (Fsp3) is 0.706. The molecule has 0 radical (unpaired) electrons. The van der Waals surface area contributed by atoms with Crippen LogP contribution in [0.5, 0.6) is 0 Å². The average molecular weight is 349 g/mol. The van der Waals surface area contributed by atoms with E-state index in [9.17, 15) is 4.79 Å². The molecule has 1 aromatic rings. The molecule has 0 aliphatic carbocycles. The number of rotatable bonds is 9. The first-order valence-electron chi connectivity index (χ1n) is 8.17. The van der Waals surface area contributed by atoms with Gasteiger partial charge in [0, 0.05) is 7.26 Å². The van der Waals surface area contributed by atoms with Crippen LogP contribution in [-0.2, 0) is 0 Å². The standard InChI is InChI=1S/C12H28P.C5H4O3.H3P/c1-5-9-13(10-6-2,11-7-3)12-8-4;6-5(7)4-2-1-3-8-4;/h5-12H2,1-4H3;1-3H,(H,6,7);1H3/q+1;;. The molecule has 0 saturated carbocycles. The van der Waals surface area contributed by atoms with E-state index in [0.717, 1.165) is 0 Å². The zero-order valence-electron chi connectivity index (χ0n) is 14.8. The molecule has 1 rings (SSSR count). The minimum absolute atomic E-state index is 0. The van der Waals surface area contributed by atoms with Gasteiger partial charge in [-0.2, -0.15) is 9.90 Å². The van der Waals surface area contributed by atoms with Gasteiger partial charge in [-0.05, 0) is 37.8 Å². The Kier molecular flexibility index (Phi) is 15.4. The highest BCUT2D eigenvalue weighted by Crippen LogP contribution is 2.60. The van der Waals surface area contributed by atoms with Gasteiger partial charge in [-0.3, -0.25) is 0 Å². The average Bonchev–Trinajstić information content (AvgIpc) is 2.95. The van der Waals surface area contributed by atoms with Gasteiger partial charge in [0.25, 0.3) is 0 Å². The molecular weight excluding hydrogens is 314 g/mol. The van der Waals surface area contributed by atoms with Crippen LogP contribution in [0.2, 0.25) is 0 Å². The van der Waals surface area contributed by atoms with Crippen LogP contribution in [-0.4, -0.2) is 35.7 Å². The molecule has 0 aromatic carbocycles. The Bertz CT molecular complexity index is 334. The van der Waals surface area contributed by atoms with E-state index < -0.39 is 13.2 Å². The van der Waals surface area contributed by atoms with E-state index in [1.807, 2.05) is 0 Å². The zero-order valence-corrected chi connectivity index (χ0v) is 17.1. The minimum atomic E-state index is -1.03. The number of carbonyl (C=O) groups is 1. The van der Waals surface area contributed by atoms with Crippen LogP contribution in [0, 0.1) is 0 Å². The van der Waals surface area contributed by atoms with Crippen molar-refractivity contribution in [2.45, 2.75) is 53.4 Å². The van der Waals surface area contributed by atoms with Gasteiger partial charge < -0.3 is 9.52 Å². The van der Waals surface area contributed by atoms with Gasteiger partial charge in [0.05, 0.1) is 30.9 Å². The van der Waals surface area contributed by atoms with Crippen molar-refractivity contribution in [3.63, 3.8) is 0 Å². The normalized spacial score (nSPS) is 10.4. The lowest BCUT2D eigenvalue weighted by Gasteiger charge is -2.26. The van der Waals surface area contributed by atoms with Gasteiger partial charge in [-0.15, -0.1) is 0 Å². The highest BCUT2D eigenvalue weighted by molar-refractivity contribution is 7.75. The molecule has 0 amide bonds. The van der Waals surface area contributed by atoms with Crippen LogP contribution >= 0.6 is 17.2 Å². The lowest BCUT2D eigenvalue weighted by atomic mass is 10.5. The molecule has 0 bridgehead atoms. The largest absolute Gasteiger partial charge is 0.475 e. The van der Waals surface area contributed by atoms with E-state index in [4.69, 9.17) is 5.11 Å². The predicted molar refractivity (Wildman–Crippen MR) is 104 cm³/mol. The topological polar surface area (TPSA) is 50.4 Å². The molecule has 22 heavy (non-hydrogen) atoms. The van der Waals surface area contributed by atoms with Crippen molar-refractivity contribution < 1.29 is 14.3 Å². The first-order chi connectivity index (χ1) is 10.0. The van der Waals surface area contributed by atoms with Gasteiger partial charge in [-0.1, -0.05) is 27.7 Å². The summed E-state index contributed by atoms with van der Waals surface area (Å²) >= 11 is 0. The third-order valence-electron chi connectivity index (χ3n) is 3.52. The van der Waals surface area contributed by atoms with Crippen molar-refractivity contribution in [1.82, 2.24) is 0 Å². The van der Waals surface area contributed by atoms with Crippen LogP contribution in [0.4, 0.5) is 0 Å². The van der Waals surface area contributed by atoms with E-state index in [-0.39, 0.29) is 15.7 Å². The highest BCUT2D eigenvalue weighted by Gasteiger charge is 2.32. The minimum Gasteiger partial charge on any atom is -0.475 e. The van der Waals surface area contributed by atoms with E-state index in [1.165, 1.54) is 44.1 Å². The molecule has 3 nitrogen and oxygen atoms in total. The first kappa shape index (κ1) is 23.9. The SMILES string of the molecule is CCC[P+](CCC)(CCC)CCC.O=C(O)c1ccco1.P. The van der Waals surface area contributed by atoms with Gasteiger partial charge in [0.15, 0.2) is 0 Å². The fourth-order valence-corrected chi connectivity index (χ4v) is 8.10. The van der Waals surface area contributed by atoms with Crippen LogP contribution in [0.15, 0.2) is 22.8 Å². The maximum atomic E-state index is 9.97. The third kappa shape index (κ3) is 9.59. The van der Waals surface area contributed by atoms with Crippen LogP contribution < -0.4 is 0 Å². The third-order valence-corrected chi connectivity index (χ3v) is 9.11. The first-order valence-corrected chi connectivity index (χ1v) is 10.7. The van der Waals surface area contributed by atoms with E-state index in [0.29, 0.717) is 0 Å². The molecule has 1 atom stereocenters. The summed E-state index contributed by atoms with van der Waals surface area (Å²) in [6.07, 6.45) is 13.2. The molecule has 1 aromatic heterocycles. The molecule has 1 N–H and O–H groups in total. The number of carboxylic acids is 1. The van der Waals surface area contributed by atoms with Gasteiger partial charge in [0.2, 0.25) is 5.76 Å². The Balaban J connectivity index is 0. The fourth-order valence-electron chi connectivity index (χ4n) is 2.97. The van der Waals surface area contributed by atoms with Crippen LogP contribution in [0.25, 0.3) is 0 Å². The second-order valence-corrected chi connectivity index (χ2v) is 9.99. The van der Waals surface area contributed by atoms with E-state index in [1.54, 1.807) is 24.6 Å². The summed E-state index contributed by atoms with van der Waals surface area (Å²) in [4.78, 5) is 9.97. The number of aromatic carboxylic acids is 1. The Labute approximate surface area is 140 Å². The van der Waals surface area contributed by atoms with Crippen molar-refractivity contribution in [1.29, 1.82) is 0 Å². The Hall–Kier alpha value is -0.390. The molecule has 0 fully saturated rings. The number of furan rings is 1. The van der Waals surface area contributed by atoms with E-state index in [2.05, 4.69) is 32.1 Å². The molecule has 0 aliphatic rings. The maximum Gasteiger partial charge on any atom is 0.371 e. The molecule has 1 heterocycles. The monoisotopic (exact) mass is 349 g/mol. The Morgan fingerprint density at radius 2 is 1.41 bits per heavy atom. The number of hydrogen-bond acceptors (Lipinski definition) is 2. The molecular formula is C17H35O3P2+. The molecule has 0 saturated heterocycles. The molecule has 130 valence electrons. The Morgan fingerprint density at radius 1 is 1.00 bits per heavy atom. The molecule has 0 spiro atoms. The number of carboxylic acid groups (broad SMARTS) is 1. The van der Waals surface area contributed by atoms with Crippen molar-refractivity contribution in [3.05, 3.63) is 24.2 Å². The van der Waals surface area contributed by atoms with Crippen molar-refractivity contribution in [3.8, 4) is 0 Å². The Morgan fingerprint density at radius 3 is 1.59 bits per heavy atom. The molecule has 1 unspecified atom stereocenters. The summed E-state index contributed by atoms with van der Waals surface area (Å²) in [6.45, 7) is 9.43. The van der Waals surface area contributed by atoms with Gasteiger partial charge in [0.1, 0.15) is 0 Å². The van der Waals surface area contributed by atoms with E-state index >= 15 is 0 Å². The molecule has 5 heteroatoms. The lowest BCUT2D eigenvalue weighted by Crippen LogP contribution is -2.10. The summed E-state index contributed by atoms with van der Waals surface area (Å²) < 4.78 is 4.50. The lowest BCUT2D eigenvalue weighted by molar-refractivity contribution is 0.0662. The van der Waals surface area contributed by atoms with Crippen LogP contribution in [0.1, 0.15) is 63.9 Å². The second-order valence-electron chi connectivity index (χ2n) is 5.52. The maximum absolute atomic E-state index is 9.97. The summed E-state index contributed by atoms with van der Waals surface area (Å²) in [5, 5.41) is 8.18. The summed E-state index contributed by atoms with van der Waals surface area (Å²) in [6, 6.07) is 2.92. The second kappa shape index (κ2) is 14.2. The number of hydrogen-bond donors (Lipinski definition) is 1. The molecule has 0 aliphatic heterocycles. The summed E-state index contributed by atoms with van der Waals surface area (Å²) in [5.74, 6) is -1.06.